The predicted molar refractivity (Wildman–Crippen MR) is 104 cm³/mol. The normalized spacial score (nSPS) is 16.4. The standard InChI is InChI=1S/C17H21FN4O3S2/c1-27(24,25)21-14-6-8-22(9-7-14)10-16(23)20-17-19-15(11-26-17)12-2-4-13(18)5-3-12/h2-5,11,14,21H,6-10H2,1H3,(H,19,20,23). The Morgan fingerprint density at radius 1 is 1.30 bits per heavy atom. The monoisotopic (exact) mass is 412 g/mol. The van der Waals surface area contributed by atoms with Gasteiger partial charge in [-0.2, -0.15) is 0 Å². The second kappa shape index (κ2) is 8.42. The number of carbonyl (C=O) groups is 1. The molecule has 1 aromatic carbocycles. The van der Waals surface area contributed by atoms with E-state index in [9.17, 15) is 17.6 Å². The first-order chi connectivity index (χ1) is 12.8. The third-order valence-corrected chi connectivity index (χ3v) is 5.75. The Kier molecular flexibility index (Phi) is 6.20. The number of nitrogens with one attached hydrogen (secondary N) is 2. The minimum absolute atomic E-state index is 0.0726. The van der Waals surface area contributed by atoms with Crippen molar-refractivity contribution in [2.75, 3.05) is 31.2 Å². The summed E-state index contributed by atoms with van der Waals surface area (Å²) in [6.07, 6.45) is 2.50. The van der Waals surface area contributed by atoms with E-state index in [1.165, 1.54) is 23.5 Å². The Labute approximate surface area is 161 Å². The van der Waals surface area contributed by atoms with Crippen molar-refractivity contribution in [2.24, 2.45) is 0 Å². The molecule has 1 aliphatic rings. The number of sulfonamides is 1. The molecule has 0 unspecified atom stereocenters. The zero-order valence-electron chi connectivity index (χ0n) is 14.8. The van der Waals surface area contributed by atoms with Crippen molar-refractivity contribution in [3.8, 4) is 11.3 Å². The van der Waals surface area contributed by atoms with Crippen LogP contribution in [0.15, 0.2) is 29.6 Å². The van der Waals surface area contributed by atoms with Gasteiger partial charge in [-0.25, -0.2) is 22.5 Å². The molecule has 0 saturated carbocycles. The maximum Gasteiger partial charge on any atom is 0.240 e. The zero-order valence-corrected chi connectivity index (χ0v) is 16.4. The van der Waals surface area contributed by atoms with Crippen LogP contribution in [-0.2, 0) is 14.8 Å². The number of hydrogen-bond donors (Lipinski definition) is 2. The fourth-order valence-corrected chi connectivity index (χ4v) is 4.54. The number of rotatable bonds is 6. The maximum absolute atomic E-state index is 13.0. The number of carbonyl (C=O) groups excluding carboxylic acids is 1. The summed E-state index contributed by atoms with van der Waals surface area (Å²) in [5.41, 5.74) is 1.47. The van der Waals surface area contributed by atoms with Crippen molar-refractivity contribution in [3.63, 3.8) is 0 Å². The highest BCUT2D eigenvalue weighted by molar-refractivity contribution is 7.88. The van der Waals surface area contributed by atoms with Crippen LogP contribution >= 0.6 is 11.3 Å². The first kappa shape index (κ1) is 19.9. The molecule has 0 bridgehead atoms. The summed E-state index contributed by atoms with van der Waals surface area (Å²) < 4.78 is 38.1. The van der Waals surface area contributed by atoms with Crippen molar-refractivity contribution >= 4 is 32.4 Å². The summed E-state index contributed by atoms with van der Waals surface area (Å²) in [6.45, 7) is 1.54. The fourth-order valence-electron chi connectivity index (χ4n) is 2.96. The van der Waals surface area contributed by atoms with Gasteiger partial charge in [0.25, 0.3) is 0 Å². The summed E-state index contributed by atoms with van der Waals surface area (Å²) in [5, 5.41) is 5.09. The summed E-state index contributed by atoms with van der Waals surface area (Å²) in [5.74, 6) is -0.470. The Bertz CT molecular complexity index is 891. The lowest BCUT2D eigenvalue weighted by Gasteiger charge is -2.31. The highest BCUT2D eigenvalue weighted by atomic mass is 32.2. The second-order valence-corrected chi connectivity index (χ2v) is 9.17. The van der Waals surface area contributed by atoms with Gasteiger partial charge in [0.1, 0.15) is 5.82 Å². The fraction of sp³-hybridized carbons (Fsp3) is 0.412. The number of hydrogen-bond acceptors (Lipinski definition) is 6. The van der Waals surface area contributed by atoms with E-state index >= 15 is 0 Å². The van der Waals surface area contributed by atoms with Gasteiger partial charge in [-0.05, 0) is 37.1 Å². The van der Waals surface area contributed by atoms with Crippen LogP contribution in [0.1, 0.15) is 12.8 Å². The van der Waals surface area contributed by atoms with Gasteiger partial charge in [0.2, 0.25) is 15.9 Å². The third-order valence-electron chi connectivity index (χ3n) is 4.23. The number of aromatic nitrogens is 1. The van der Waals surface area contributed by atoms with Crippen LogP contribution < -0.4 is 10.0 Å². The van der Waals surface area contributed by atoms with Crippen LogP contribution in [-0.4, -0.2) is 56.1 Å². The van der Waals surface area contributed by atoms with E-state index in [2.05, 4.69) is 15.0 Å². The van der Waals surface area contributed by atoms with Crippen molar-refractivity contribution in [1.82, 2.24) is 14.6 Å². The van der Waals surface area contributed by atoms with E-state index in [1.807, 2.05) is 10.3 Å². The molecule has 0 aliphatic carbocycles. The summed E-state index contributed by atoms with van der Waals surface area (Å²) in [7, 11) is -3.20. The quantitative estimate of drug-likeness (QED) is 0.756. The van der Waals surface area contributed by atoms with E-state index < -0.39 is 10.0 Å². The average molecular weight is 413 g/mol. The van der Waals surface area contributed by atoms with Gasteiger partial charge in [0.05, 0.1) is 18.5 Å². The lowest BCUT2D eigenvalue weighted by atomic mass is 10.1. The topological polar surface area (TPSA) is 91.4 Å². The first-order valence-corrected chi connectivity index (χ1v) is 11.3. The van der Waals surface area contributed by atoms with Gasteiger partial charge in [-0.3, -0.25) is 9.69 Å². The van der Waals surface area contributed by atoms with Crippen molar-refractivity contribution in [3.05, 3.63) is 35.5 Å². The number of likely N-dealkylation sites (tertiary alicyclic amines) is 1. The van der Waals surface area contributed by atoms with Crippen molar-refractivity contribution < 1.29 is 17.6 Å². The molecular formula is C17H21FN4O3S2. The lowest BCUT2D eigenvalue weighted by Crippen LogP contribution is -2.46. The molecule has 2 aromatic rings. The lowest BCUT2D eigenvalue weighted by molar-refractivity contribution is -0.117. The molecule has 7 nitrogen and oxygen atoms in total. The molecule has 0 radical (unpaired) electrons. The highest BCUT2D eigenvalue weighted by Crippen LogP contribution is 2.25. The van der Waals surface area contributed by atoms with Crippen molar-refractivity contribution in [2.45, 2.75) is 18.9 Å². The van der Waals surface area contributed by atoms with Crippen LogP contribution in [0, 0.1) is 5.82 Å². The van der Waals surface area contributed by atoms with Gasteiger partial charge in [-0.1, -0.05) is 0 Å². The molecule has 2 N–H and O–H groups in total. The first-order valence-electron chi connectivity index (χ1n) is 8.49. The zero-order chi connectivity index (χ0) is 19.4. The molecule has 2 heterocycles. The van der Waals surface area contributed by atoms with Crippen LogP contribution in [0.25, 0.3) is 11.3 Å². The minimum Gasteiger partial charge on any atom is -0.301 e. The molecule has 1 aliphatic heterocycles. The molecule has 3 rings (SSSR count). The number of anilines is 1. The molecule has 10 heteroatoms. The number of benzene rings is 1. The van der Waals surface area contributed by atoms with E-state index in [0.717, 1.165) is 11.8 Å². The second-order valence-electron chi connectivity index (χ2n) is 6.53. The number of nitrogens with zero attached hydrogens (tertiary/aromatic N) is 2. The van der Waals surface area contributed by atoms with Gasteiger partial charge in [0.15, 0.2) is 5.13 Å². The molecule has 1 aromatic heterocycles. The Morgan fingerprint density at radius 3 is 2.59 bits per heavy atom. The van der Waals surface area contributed by atoms with Gasteiger partial charge >= 0.3 is 0 Å². The molecule has 146 valence electrons. The number of halogens is 1. The van der Waals surface area contributed by atoms with E-state index in [1.54, 1.807) is 12.1 Å². The van der Waals surface area contributed by atoms with Gasteiger partial charge in [0, 0.05) is 30.1 Å². The van der Waals surface area contributed by atoms with Crippen molar-refractivity contribution in [1.29, 1.82) is 0 Å². The molecule has 1 saturated heterocycles. The van der Waals surface area contributed by atoms with Crippen LogP contribution in [0.3, 0.4) is 0 Å². The van der Waals surface area contributed by atoms with Gasteiger partial charge < -0.3 is 5.32 Å². The Balaban J connectivity index is 1.48. The SMILES string of the molecule is CS(=O)(=O)NC1CCN(CC(=O)Nc2nc(-c3ccc(F)cc3)cs2)CC1. The number of amides is 1. The molecular weight excluding hydrogens is 391 g/mol. The highest BCUT2D eigenvalue weighted by Gasteiger charge is 2.23. The Hall–Kier alpha value is -1.88. The smallest absolute Gasteiger partial charge is 0.240 e. The molecule has 1 amide bonds. The third kappa shape index (κ3) is 6.06. The van der Waals surface area contributed by atoms with Crippen LogP contribution in [0.5, 0.6) is 0 Å². The molecule has 0 atom stereocenters. The Morgan fingerprint density at radius 2 is 1.96 bits per heavy atom. The van der Waals surface area contributed by atoms with E-state index in [4.69, 9.17) is 0 Å². The molecule has 1 fully saturated rings. The molecule has 0 spiro atoms. The van der Waals surface area contributed by atoms with Crippen LogP contribution in [0.2, 0.25) is 0 Å². The maximum atomic E-state index is 13.0. The average Bonchev–Trinajstić information content (AvgIpc) is 3.04. The number of thiazole rings is 1. The van der Waals surface area contributed by atoms with E-state index in [-0.39, 0.29) is 24.3 Å². The van der Waals surface area contributed by atoms with Crippen LogP contribution in [0.4, 0.5) is 9.52 Å². The minimum atomic E-state index is -3.20. The molecule has 27 heavy (non-hydrogen) atoms. The largest absolute Gasteiger partial charge is 0.301 e. The summed E-state index contributed by atoms with van der Waals surface area (Å²) in [6, 6.07) is 5.95. The van der Waals surface area contributed by atoms with E-state index in [0.29, 0.717) is 36.8 Å². The summed E-state index contributed by atoms with van der Waals surface area (Å²) in [4.78, 5) is 18.6. The van der Waals surface area contributed by atoms with Gasteiger partial charge in [-0.15, -0.1) is 11.3 Å². The number of piperidine rings is 1. The predicted octanol–water partition coefficient (Wildman–Crippen LogP) is 1.90. The summed E-state index contributed by atoms with van der Waals surface area (Å²) >= 11 is 1.31.